The van der Waals surface area contributed by atoms with Crippen molar-refractivity contribution in [1.29, 1.82) is 5.26 Å². The number of benzene rings is 2. The Morgan fingerprint density at radius 2 is 1.47 bits per heavy atom. The van der Waals surface area contributed by atoms with Crippen molar-refractivity contribution < 1.29 is 24.0 Å². The van der Waals surface area contributed by atoms with Crippen molar-refractivity contribution in [2.75, 3.05) is 11.9 Å². The molecule has 0 bridgehead atoms. The lowest BCUT2D eigenvalue weighted by Crippen LogP contribution is -2.43. The second kappa shape index (κ2) is 19.6. The second-order valence-corrected chi connectivity index (χ2v) is 19.4. The van der Waals surface area contributed by atoms with Gasteiger partial charge in [-0.1, -0.05) is 50.1 Å². The van der Waals surface area contributed by atoms with Crippen LogP contribution in [0.5, 0.6) is 0 Å². The fraction of sp³-hybridized carbons (Fsp3) is 0.560. The highest BCUT2D eigenvalue weighted by molar-refractivity contribution is 6.32. The molecule has 3 amide bonds. The molecule has 62 heavy (non-hydrogen) atoms. The summed E-state index contributed by atoms with van der Waals surface area (Å²) >= 11 is 6.27. The first-order chi connectivity index (χ1) is 30.0. The number of nitrogens with zero attached hydrogens (tertiary/aromatic N) is 4. The minimum atomic E-state index is -0.397. The zero-order chi connectivity index (χ0) is 43.3. The lowest BCUT2D eigenvalue weighted by molar-refractivity contribution is -0.136. The molecule has 2 aromatic carbocycles. The van der Waals surface area contributed by atoms with E-state index in [0.717, 1.165) is 74.7 Å². The smallest absolute Gasteiger partial charge is 0.254 e. The Hall–Kier alpha value is -4.95. The molecule has 3 unspecified atom stereocenters. The number of hydrogen-bond acceptors (Lipinski definition) is 9. The van der Waals surface area contributed by atoms with E-state index in [4.69, 9.17) is 11.6 Å². The molecule has 2 saturated carbocycles. The molecule has 326 valence electrons. The number of imide groups is 1. The fourth-order valence-electron chi connectivity index (χ4n) is 11.0. The first kappa shape index (κ1) is 43.7. The summed E-state index contributed by atoms with van der Waals surface area (Å²) in [5.41, 5.74) is 5.57. The molecule has 2 N–H and O–H groups in total. The van der Waals surface area contributed by atoms with Gasteiger partial charge in [-0.2, -0.15) is 5.26 Å². The topological polar surface area (TPSA) is 162 Å². The van der Waals surface area contributed by atoms with E-state index in [0.29, 0.717) is 64.9 Å². The van der Waals surface area contributed by atoms with E-state index in [-0.39, 0.29) is 47.7 Å². The lowest BCUT2D eigenvalue weighted by atomic mass is 9.77. The van der Waals surface area contributed by atoms with Gasteiger partial charge in [-0.15, -0.1) is 0 Å². The minimum absolute atomic E-state index is 0.0314. The van der Waals surface area contributed by atoms with Crippen molar-refractivity contribution >= 4 is 46.6 Å². The summed E-state index contributed by atoms with van der Waals surface area (Å²) in [6, 6.07) is 12.1. The van der Waals surface area contributed by atoms with Crippen LogP contribution < -0.4 is 15.5 Å². The van der Waals surface area contributed by atoms with Crippen LogP contribution in [0.4, 0.5) is 5.69 Å². The summed E-state index contributed by atoms with van der Waals surface area (Å²) in [5.74, 6) is 1.60. The molecular formula is C50H59ClN6O5. The summed E-state index contributed by atoms with van der Waals surface area (Å²) in [4.78, 5) is 74.9. The number of nitriles is 1. The van der Waals surface area contributed by atoms with Crippen LogP contribution in [0.15, 0.2) is 42.7 Å². The van der Waals surface area contributed by atoms with E-state index in [1.807, 2.05) is 24.3 Å². The Kier molecular flexibility index (Phi) is 13.8. The van der Waals surface area contributed by atoms with Crippen molar-refractivity contribution in [2.24, 2.45) is 29.6 Å². The van der Waals surface area contributed by atoms with E-state index in [1.54, 1.807) is 18.5 Å². The Labute approximate surface area is 370 Å². The Balaban J connectivity index is 0.708. The predicted octanol–water partition coefficient (Wildman–Crippen LogP) is 8.72. The van der Waals surface area contributed by atoms with Crippen LogP contribution in [-0.4, -0.2) is 58.4 Å². The molecule has 3 aromatic rings. The number of carbonyl (C=O) groups excluding carboxylic acids is 5. The average molecular weight is 860 g/mol. The molecule has 1 aromatic heterocycles. The number of halogens is 1. The van der Waals surface area contributed by atoms with E-state index in [1.165, 1.54) is 56.1 Å². The number of aromatic nitrogens is 2. The number of aryl methyl sites for hydroxylation is 1. The van der Waals surface area contributed by atoms with Gasteiger partial charge in [-0.25, -0.2) is 9.97 Å². The van der Waals surface area contributed by atoms with Crippen molar-refractivity contribution in [3.05, 3.63) is 87.0 Å². The van der Waals surface area contributed by atoms with Crippen LogP contribution in [0, 0.1) is 40.9 Å². The van der Waals surface area contributed by atoms with E-state index in [9.17, 15) is 29.2 Å². The Bertz CT molecular complexity index is 2220. The maximum absolute atomic E-state index is 13.6. The Morgan fingerprint density at radius 3 is 2.15 bits per heavy atom. The molecule has 1 aliphatic heterocycles. The highest BCUT2D eigenvalue weighted by atomic mass is 35.5. The molecule has 11 nitrogen and oxygen atoms in total. The highest BCUT2D eigenvalue weighted by Crippen LogP contribution is 2.40. The van der Waals surface area contributed by atoms with Crippen molar-refractivity contribution in [3.8, 4) is 6.07 Å². The van der Waals surface area contributed by atoms with Gasteiger partial charge < -0.3 is 10.2 Å². The number of carbonyl (C=O) groups is 5. The van der Waals surface area contributed by atoms with Gasteiger partial charge in [0.15, 0.2) is 11.6 Å². The third-order valence-electron chi connectivity index (χ3n) is 14.9. The number of rotatable bonds is 14. The van der Waals surface area contributed by atoms with Gasteiger partial charge in [0.1, 0.15) is 11.9 Å². The normalized spacial score (nSPS) is 26.0. The van der Waals surface area contributed by atoms with Crippen LogP contribution in [0.25, 0.3) is 0 Å². The number of Topliss-reactive ketones (excluding diaryl/α,β-unsaturated/α-hetero) is 2. The predicted molar refractivity (Wildman–Crippen MR) is 237 cm³/mol. The fourth-order valence-corrected chi connectivity index (χ4v) is 11.2. The third kappa shape index (κ3) is 10.3. The summed E-state index contributed by atoms with van der Waals surface area (Å²) in [6.07, 6.45) is 21.5. The first-order valence-corrected chi connectivity index (χ1v) is 23.5. The lowest BCUT2D eigenvalue weighted by Gasteiger charge is -2.36. The number of amides is 3. The average Bonchev–Trinajstić information content (AvgIpc) is 3.69. The summed E-state index contributed by atoms with van der Waals surface area (Å²) < 4.78 is 0. The van der Waals surface area contributed by atoms with Crippen molar-refractivity contribution in [1.82, 2.24) is 20.6 Å². The quantitative estimate of drug-likeness (QED) is 0.151. The summed E-state index contributed by atoms with van der Waals surface area (Å²) in [7, 11) is 2.06. The molecule has 3 atom stereocenters. The number of piperidine rings is 1. The largest absolute Gasteiger partial charge is 0.372 e. The maximum atomic E-state index is 13.6. The van der Waals surface area contributed by atoms with Gasteiger partial charge in [-0.3, -0.25) is 29.3 Å². The SMILES string of the molecule is CN(c1ccc(C#N)c(Cl)c1)[C@H]1CC[C@H](NC(=O)c2cnc(CCCC3CCC(CCC4Cc5cc6c(cc5C4)C(=O)C(CCC4CCC(=O)NC4=O)CC6=O)CC3)nc2)CC1. The van der Waals surface area contributed by atoms with Crippen LogP contribution in [0.2, 0.25) is 5.02 Å². The van der Waals surface area contributed by atoms with Gasteiger partial charge in [-0.05, 0) is 130 Å². The highest BCUT2D eigenvalue weighted by Gasteiger charge is 2.37. The molecule has 1 saturated heterocycles. The molecule has 12 heteroatoms. The molecular weight excluding hydrogens is 800 g/mol. The molecule has 3 fully saturated rings. The van der Waals surface area contributed by atoms with E-state index in [2.05, 4.69) is 38.6 Å². The van der Waals surface area contributed by atoms with Gasteiger partial charge in [0, 0.05) is 79.4 Å². The van der Waals surface area contributed by atoms with Gasteiger partial charge in [0.2, 0.25) is 11.8 Å². The number of hydrogen-bond donors (Lipinski definition) is 2. The van der Waals surface area contributed by atoms with Gasteiger partial charge >= 0.3 is 0 Å². The maximum Gasteiger partial charge on any atom is 0.254 e. The number of fused-ring (bicyclic) bond motifs is 2. The standard InChI is InChI=1S/C50H59ClN6O5/c1-57(41-17-13-35(27-52)44(51)26-41)40-18-15-39(16-19-40)55-50(62)38-28-53-46(54-29-38)4-2-3-30-5-7-31(8-6-30)9-10-32-21-36-23-42-43(24-37(36)22-32)48(60)34(25-45(42)58)12-11-33-14-20-47(59)56-49(33)61/h13,17,23-24,26,28-34,39-40H,2-12,14-16,18-22,25H2,1H3,(H,55,62)(H,56,59,61)/t30?,31?,32?,33?,34?,39-,40-. The second-order valence-electron chi connectivity index (χ2n) is 19.0. The zero-order valence-corrected chi connectivity index (χ0v) is 36.7. The van der Waals surface area contributed by atoms with Crippen molar-refractivity contribution in [3.63, 3.8) is 0 Å². The summed E-state index contributed by atoms with van der Waals surface area (Å²) in [6.45, 7) is 0. The first-order valence-electron chi connectivity index (χ1n) is 23.1. The Morgan fingerprint density at radius 1 is 0.806 bits per heavy atom. The summed E-state index contributed by atoms with van der Waals surface area (Å²) in [5, 5.41) is 15.2. The molecule has 8 rings (SSSR count). The third-order valence-corrected chi connectivity index (χ3v) is 15.2. The molecule has 5 aliphatic rings. The van der Waals surface area contributed by atoms with Crippen LogP contribution in [-0.2, 0) is 28.9 Å². The van der Waals surface area contributed by atoms with E-state index >= 15 is 0 Å². The van der Waals surface area contributed by atoms with Crippen LogP contribution >= 0.6 is 11.6 Å². The number of anilines is 1. The molecule has 4 aliphatic carbocycles. The van der Waals surface area contributed by atoms with Gasteiger partial charge in [0.05, 0.1) is 16.1 Å². The van der Waals surface area contributed by atoms with Crippen LogP contribution in [0.3, 0.4) is 0 Å². The van der Waals surface area contributed by atoms with Gasteiger partial charge in [0.25, 0.3) is 5.91 Å². The van der Waals surface area contributed by atoms with Crippen molar-refractivity contribution in [2.45, 2.75) is 141 Å². The van der Waals surface area contributed by atoms with Crippen LogP contribution in [0.1, 0.15) is 163 Å². The molecule has 0 radical (unpaired) electrons. The minimum Gasteiger partial charge on any atom is -0.372 e. The monoisotopic (exact) mass is 858 g/mol. The molecule has 0 spiro atoms. The molecule has 2 heterocycles. The van der Waals surface area contributed by atoms with E-state index < -0.39 is 5.92 Å². The number of nitrogens with one attached hydrogen (secondary N) is 2. The zero-order valence-electron chi connectivity index (χ0n) is 35.9. The number of ketones is 2.